The lowest BCUT2D eigenvalue weighted by atomic mass is 10.1. The summed E-state index contributed by atoms with van der Waals surface area (Å²) >= 11 is 0. The molecule has 0 unspecified atom stereocenters. The number of amides is 1. The maximum atomic E-state index is 12.0. The number of anilines is 1. The van der Waals surface area contributed by atoms with Gasteiger partial charge in [0.15, 0.2) is 0 Å². The number of fused-ring (bicyclic) bond motifs is 1. The summed E-state index contributed by atoms with van der Waals surface area (Å²) in [6.07, 6.45) is 4.53. The van der Waals surface area contributed by atoms with Crippen molar-refractivity contribution in [3.05, 3.63) is 29.6 Å². The van der Waals surface area contributed by atoms with Crippen LogP contribution in [-0.4, -0.2) is 46.2 Å². The first-order chi connectivity index (χ1) is 11.7. The third-order valence-corrected chi connectivity index (χ3v) is 4.72. The molecule has 7 nitrogen and oxygen atoms in total. The third-order valence-electron chi connectivity index (χ3n) is 4.72. The summed E-state index contributed by atoms with van der Waals surface area (Å²) in [4.78, 5) is 21.0. The first-order valence-electron chi connectivity index (χ1n) is 8.37. The topological polar surface area (TPSA) is 81.1 Å². The molecule has 24 heavy (non-hydrogen) atoms. The van der Waals surface area contributed by atoms with Gasteiger partial charge in [0, 0.05) is 51.2 Å². The summed E-state index contributed by atoms with van der Waals surface area (Å²) < 4.78 is 7.44. The number of hydrogen-bond donors (Lipinski definition) is 2. The van der Waals surface area contributed by atoms with Gasteiger partial charge in [0.25, 0.3) is 5.91 Å². The van der Waals surface area contributed by atoms with E-state index in [4.69, 9.17) is 4.74 Å². The van der Waals surface area contributed by atoms with E-state index < -0.39 is 0 Å². The molecule has 2 aliphatic rings. The minimum atomic E-state index is -0.00675. The van der Waals surface area contributed by atoms with Gasteiger partial charge in [0.2, 0.25) is 5.95 Å². The molecule has 0 atom stereocenters. The van der Waals surface area contributed by atoms with E-state index >= 15 is 0 Å². The van der Waals surface area contributed by atoms with Gasteiger partial charge in [-0.05, 0) is 25.0 Å². The Kier molecular flexibility index (Phi) is 3.93. The SMILES string of the molecule is Cn1c(-c2ccnc(NC3CCOCC3)n2)cc2c1CCNC2=O. The lowest BCUT2D eigenvalue weighted by Gasteiger charge is -2.23. The lowest BCUT2D eigenvalue weighted by Crippen LogP contribution is -2.31. The van der Waals surface area contributed by atoms with Gasteiger partial charge in [0.1, 0.15) is 0 Å². The molecule has 1 fully saturated rings. The van der Waals surface area contributed by atoms with Crippen molar-refractivity contribution in [2.45, 2.75) is 25.3 Å². The van der Waals surface area contributed by atoms with Crippen LogP contribution in [-0.2, 0) is 18.2 Å². The van der Waals surface area contributed by atoms with Crippen LogP contribution in [0.1, 0.15) is 28.9 Å². The molecule has 0 spiro atoms. The van der Waals surface area contributed by atoms with Crippen molar-refractivity contribution < 1.29 is 9.53 Å². The minimum absolute atomic E-state index is 0.00675. The summed E-state index contributed by atoms with van der Waals surface area (Å²) in [5.41, 5.74) is 3.57. The quantitative estimate of drug-likeness (QED) is 0.890. The van der Waals surface area contributed by atoms with Crippen molar-refractivity contribution in [1.82, 2.24) is 19.9 Å². The molecule has 0 saturated carbocycles. The van der Waals surface area contributed by atoms with E-state index in [9.17, 15) is 4.79 Å². The predicted octanol–water partition coefficient (Wildman–Crippen LogP) is 1.36. The zero-order valence-electron chi connectivity index (χ0n) is 13.7. The molecular weight excluding hydrogens is 306 g/mol. The fourth-order valence-corrected chi connectivity index (χ4v) is 3.37. The fourth-order valence-electron chi connectivity index (χ4n) is 3.37. The largest absolute Gasteiger partial charge is 0.381 e. The molecule has 1 saturated heterocycles. The van der Waals surface area contributed by atoms with Gasteiger partial charge in [-0.2, -0.15) is 0 Å². The van der Waals surface area contributed by atoms with Gasteiger partial charge in [-0.1, -0.05) is 0 Å². The lowest BCUT2D eigenvalue weighted by molar-refractivity contribution is 0.0903. The second-order valence-corrected chi connectivity index (χ2v) is 6.25. The van der Waals surface area contributed by atoms with Crippen LogP contribution in [0.4, 0.5) is 5.95 Å². The summed E-state index contributed by atoms with van der Waals surface area (Å²) in [6.45, 7) is 2.23. The highest BCUT2D eigenvalue weighted by Crippen LogP contribution is 2.26. The Bertz CT molecular complexity index is 764. The number of nitrogens with one attached hydrogen (secondary N) is 2. The molecule has 0 aliphatic carbocycles. The molecule has 2 aliphatic heterocycles. The molecule has 2 aromatic heterocycles. The van der Waals surface area contributed by atoms with Crippen molar-refractivity contribution in [2.24, 2.45) is 7.05 Å². The molecular formula is C17H21N5O2. The van der Waals surface area contributed by atoms with E-state index in [0.717, 1.165) is 55.1 Å². The number of carbonyl (C=O) groups is 1. The molecule has 2 N–H and O–H groups in total. The summed E-state index contributed by atoms with van der Waals surface area (Å²) in [6, 6.07) is 4.15. The summed E-state index contributed by atoms with van der Waals surface area (Å²) in [5.74, 6) is 0.621. The van der Waals surface area contributed by atoms with Crippen LogP contribution in [0.3, 0.4) is 0 Å². The number of rotatable bonds is 3. The van der Waals surface area contributed by atoms with E-state index in [1.165, 1.54) is 0 Å². The molecule has 126 valence electrons. The third kappa shape index (κ3) is 2.75. The normalized spacial score (nSPS) is 18.1. The van der Waals surface area contributed by atoms with Crippen molar-refractivity contribution >= 4 is 11.9 Å². The molecule has 0 radical (unpaired) electrons. The van der Waals surface area contributed by atoms with E-state index in [-0.39, 0.29) is 5.91 Å². The Hall–Kier alpha value is -2.41. The highest BCUT2D eigenvalue weighted by molar-refractivity contribution is 5.97. The number of carbonyl (C=O) groups excluding carboxylic acids is 1. The molecule has 4 heterocycles. The molecule has 7 heteroatoms. The average Bonchev–Trinajstić information content (AvgIpc) is 2.95. The zero-order chi connectivity index (χ0) is 16.5. The average molecular weight is 327 g/mol. The smallest absolute Gasteiger partial charge is 0.253 e. The monoisotopic (exact) mass is 327 g/mol. The maximum Gasteiger partial charge on any atom is 0.253 e. The Labute approximate surface area is 140 Å². The molecule has 4 rings (SSSR count). The van der Waals surface area contributed by atoms with E-state index in [0.29, 0.717) is 18.5 Å². The number of hydrogen-bond acceptors (Lipinski definition) is 5. The zero-order valence-corrected chi connectivity index (χ0v) is 13.7. The predicted molar refractivity (Wildman–Crippen MR) is 89.9 cm³/mol. The first kappa shape index (κ1) is 15.1. The summed E-state index contributed by atoms with van der Waals surface area (Å²) in [5, 5.41) is 6.28. The van der Waals surface area contributed by atoms with E-state index in [2.05, 4.69) is 25.2 Å². The van der Waals surface area contributed by atoms with Gasteiger partial charge in [-0.3, -0.25) is 4.79 Å². The maximum absolute atomic E-state index is 12.0. The van der Waals surface area contributed by atoms with Crippen molar-refractivity contribution in [3.8, 4) is 11.4 Å². The highest BCUT2D eigenvalue weighted by Gasteiger charge is 2.23. The van der Waals surface area contributed by atoms with Crippen LogP contribution in [0, 0.1) is 0 Å². The Balaban J connectivity index is 1.63. The Morgan fingerprint density at radius 1 is 1.38 bits per heavy atom. The van der Waals surface area contributed by atoms with Gasteiger partial charge >= 0.3 is 0 Å². The highest BCUT2D eigenvalue weighted by atomic mass is 16.5. The van der Waals surface area contributed by atoms with Crippen molar-refractivity contribution in [3.63, 3.8) is 0 Å². The Morgan fingerprint density at radius 3 is 3.00 bits per heavy atom. The second-order valence-electron chi connectivity index (χ2n) is 6.25. The number of nitrogens with zero attached hydrogens (tertiary/aromatic N) is 3. The van der Waals surface area contributed by atoms with Crippen LogP contribution in [0.15, 0.2) is 18.3 Å². The molecule has 0 bridgehead atoms. The van der Waals surface area contributed by atoms with E-state index in [1.54, 1.807) is 6.20 Å². The Morgan fingerprint density at radius 2 is 2.21 bits per heavy atom. The second kappa shape index (κ2) is 6.24. The summed E-state index contributed by atoms with van der Waals surface area (Å²) in [7, 11) is 1.99. The minimum Gasteiger partial charge on any atom is -0.381 e. The van der Waals surface area contributed by atoms with Crippen LogP contribution in [0.5, 0.6) is 0 Å². The number of ether oxygens (including phenoxy) is 1. The van der Waals surface area contributed by atoms with Crippen LogP contribution < -0.4 is 10.6 Å². The van der Waals surface area contributed by atoms with Gasteiger partial charge in [-0.25, -0.2) is 9.97 Å². The van der Waals surface area contributed by atoms with Crippen molar-refractivity contribution in [2.75, 3.05) is 25.1 Å². The molecule has 0 aromatic carbocycles. The molecule has 2 aromatic rings. The standard InChI is InChI=1S/C17H21N5O2/c1-22-14-3-7-18-16(23)12(14)10-15(22)13-2-6-19-17(21-13)20-11-4-8-24-9-5-11/h2,6,10-11H,3-5,7-9H2,1H3,(H,18,23)(H,19,20,21). The fraction of sp³-hybridized carbons (Fsp3) is 0.471. The van der Waals surface area contributed by atoms with Gasteiger partial charge in [0.05, 0.1) is 17.0 Å². The van der Waals surface area contributed by atoms with E-state index in [1.807, 2.05) is 19.2 Å². The number of aromatic nitrogens is 3. The van der Waals surface area contributed by atoms with Crippen LogP contribution in [0.25, 0.3) is 11.4 Å². The van der Waals surface area contributed by atoms with Crippen molar-refractivity contribution in [1.29, 1.82) is 0 Å². The molecule has 1 amide bonds. The van der Waals surface area contributed by atoms with Crippen LogP contribution in [0.2, 0.25) is 0 Å². The van der Waals surface area contributed by atoms with Gasteiger partial charge < -0.3 is 19.9 Å². The first-order valence-corrected chi connectivity index (χ1v) is 8.37. The van der Waals surface area contributed by atoms with Crippen LogP contribution >= 0.6 is 0 Å². The van der Waals surface area contributed by atoms with Gasteiger partial charge in [-0.15, -0.1) is 0 Å².